The van der Waals surface area contributed by atoms with E-state index in [9.17, 15) is 29.4 Å². The van der Waals surface area contributed by atoms with Crippen molar-refractivity contribution in [3.05, 3.63) is 35.9 Å². The predicted octanol–water partition coefficient (Wildman–Crippen LogP) is -1.78. The van der Waals surface area contributed by atoms with Gasteiger partial charge in [-0.1, -0.05) is 30.3 Å². The molecule has 0 spiro atoms. The first-order valence-electron chi connectivity index (χ1n) is 10.3. The molecular weight excluding hydrogens is 452 g/mol. The van der Waals surface area contributed by atoms with Gasteiger partial charge in [0.15, 0.2) is 0 Å². The summed E-state index contributed by atoms with van der Waals surface area (Å²) >= 11 is 1.51. The quantitative estimate of drug-likeness (QED) is 0.160. The highest BCUT2D eigenvalue weighted by atomic mass is 32.2. The topological polar surface area (TPSA) is 191 Å². The van der Waals surface area contributed by atoms with Gasteiger partial charge < -0.3 is 37.0 Å². The van der Waals surface area contributed by atoms with Crippen LogP contribution in [0.25, 0.3) is 0 Å². The molecule has 0 aliphatic carbocycles. The molecule has 33 heavy (non-hydrogen) atoms. The molecule has 0 aromatic heterocycles. The molecular formula is C21H32N4O7S. The maximum Gasteiger partial charge on any atom is 0.328 e. The number of carbonyl (C=O) groups excluding carboxylic acids is 3. The van der Waals surface area contributed by atoms with Crippen molar-refractivity contribution in [3.63, 3.8) is 0 Å². The number of aliphatic carboxylic acids is 1. The van der Waals surface area contributed by atoms with Crippen LogP contribution in [0.2, 0.25) is 0 Å². The van der Waals surface area contributed by atoms with Gasteiger partial charge in [0.2, 0.25) is 17.7 Å². The smallest absolute Gasteiger partial charge is 0.328 e. The fraction of sp³-hybridized carbons (Fsp3) is 0.524. The summed E-state index contributed by atoms with van der Waals surface area (Å²) in [5.74, 6) is -3.12. The minimum absolute atomic E-state index is 0.00386. The molecule has 0 aliphatic heterocycles. The van der Waals surface area contributed by atoms with Gasteiger partial charge in [-0.2, -0.15) is 11.8 Å². The maximum atomic E-state index is 12.9. The number of carboxylic acids is 1. The van der Waals surface area contributed by atoms with Gasteiger partial charge >= 0.3 is 5.97 Å². The van der Waals surface area contributed by atoms with E-state index in [-0.39, 0.29) is 6.42 Å². The number of nitrogens with one attached hydrogen (secondary N) is 3. The molecule has 0 fully saturated rings. The number of hydrogen-bond acceptors (Lipinski definition) is 8. The minimum atomic E-state index is -1.56. The molecule has 1 aromatic carbocycles. The Balaban J connectivity index is 3.01. The SMILES string of the molecule is CSCCC(N)C(=O)NC(C(=O)NC(Cc1ccccc1)C(=O)NC(CO)C(=O)O)C(C)O. The van der Waals surface area contributed by atoms with Crippen LogP contribution in [0.15, 0.2) is 30.3 Å². The van der Waals surface area contributed by atoms with E-state index >= 15 is 0 Å². The van der Waals surface area contributed by atoms with Gasteiger partial charge in [-0.3, -0.25) is 14.4 Å². The Morgan fingerprint density at radius 1 is 1.00 bits per heavy atom. The Morgan fingerprint density at radius 3 is 2.12 bits per heavy atom. The van der Waals surface area contributed by atoms with Gasteiger partial charge in [-0.15, -0.1) is 0 Å². The van der Waals surface area contributed by atoms with E-state index in [1.54, 1.807) is 30.3 Å². The summed E-state index contributed by atoms with van der Waals surface area (Å²) in [5.41, 5.74) is 6.49. The number of nitrogens with two attached hydrogens (primary N) is 1. The molecule has 0 radical (unpaired) electrons. The number of aliphatic hydroxyl groups excluding tert-OH is 2. The Labute approximate surface area is 196 Å². The van der Waals surface area contributed by atoms with Crippen molar-refractivity contribution < 1.29 is 34.5 Å². The zero-order chi connectivity index (χ0) is 25.0. The van der Waals surface area contributed by atoms with Gasteiger partial charge in [-0.05, 0) is 30.9 Å². The number of hydrogen-bond donors (Lipinski definition) is 7. The first-order chi connectivity index (χ1) is 15.6. The highest BCUT2D eigenvalue weighted by Crippen LogP contribution is 2.06. The molecule has 11 nitrogen and oxygen atoms in total. The van der Waals surface area contributed by atoms with Crippen LogP contribution in [0.5, 0.6) is 0 Å². The number of benzene rings is 1. The van der Waals surface area contributed by atoms with Gasteiger partial charge in [0.05, 0.1) is 18.8 Å². The highest BCUT2D eigenvalue weighted by molar-refractivity contribution is 7.98. The van der Waals surface area contributed by atoms with E-state index in [4.69, 9.17) is 10.8 Å². The first kappa shape index (κ1) is 28.4. The first-order valence-corrected chi connectivity index (χ1v) is 11.7. The molecule has 0 heterocycles. The second-order valence-corrected chi connectivity index (χ2v) is 8.43. The standard InChI is InChI=1S/C21H32N4O7S/c1-12(27)17(25-18(28)14(22)8-9-33-2)20(30)23-15(10-13-6-4-3-5-7-13)19(29)24-16(11-26)21(31)32/h3-7,12,14-17,26-27H,8-11,22H2,1-2H3,(H,23,30)(H,24,29)(H,25,28)(H,31,32). The Kier molecular flexibility index (Phi) is 12.4. The van der Waals surface area contributed by atoms with Crippen LogP contribution >= 0.6 is 11.8 Å². The summed E-state index contributed by atoms with van der Waals surface area (Å²) in [6.07, 6.45) is 0.939. The van der Waals surface area contributed by atoms with Crippen molar-refractivity contribution in [1.82, 2.24) is 16.0 Å². The summed E-state index contributed by atoms with van der Waals surface area (Å²) in [6.45, 7) is 0.462. The van der Waals surface area contributed by atoms with Crippen molar-refractivity contribution in [3.8, 4) is 0 Å². The Bertz CT molecular complexity index is 794. The molecule has 8 N–H and O–H groups in total. The van der Waals surface area contributed by atoms with E-state index in [1.165, 1.54) is 18.7 Å². The van der Waals surface area contributed by atoms with Crippen LogP contribution in [-0.4, -0.2) is 87.9 Å². The molecule has 12 heteroatoms. The number of aliphatic hydroxyl groups is 2. The van der Waals surface area contributed by atoms with Crippen LogP contribution in [0, 0.1) is 0 Å². The van der Waals surface area contributed by atoms with Crippen molar-refractivity contribution in [2.75, 3.05) is 18.6 Å². The Hall–Kier alpha value is -2.67. The van der Waals surface area contributed by atoms with E-state index < -0.39 is 60.6 Å². The molecule has 5 atom stereocenters. The van der Waals surface area contributed by atoms with Crippen molar-refractivity contribution in [2.24, 2.45) is 5.73 Å². The van der Waals surface area contributed by atoms with Gasteiger partial charge in [-0.25, -0.2) is 4.79 Å². The minimum Gasteiger partial charge on any atom is -0.480 e. The molecule has 0 aliphatic rings. The van der Waals surface area contributed by atoms with Crippen molar-refractivity contribution in [1.29, 1.82) is 0 Å². The molecule has 1 rings (SSSR count). The second-order valence-electron chi connectivity index (χ2n) is 7.45. The Morgan fingerprint density at radius 2 is 1.61 bits per heavy atom. The number of thioether (sulfide) groups is 1. The third kappa shape index (κ3) is 9.78. The zero-order valence-electron chi connectivity index (χ0n) is 18.6. The largest absolute Gasteiger partial charge is 0.480 e. The lowest BCUT2D eigenvalue weighted by atomic mass is 10.0. The van der Waals surface area contributed by atoms with Gasteiger partial charge in [0.1, 0.15) is 18.1 Å². The van der Waals surface area contributed by atoms with Crippen LogP contribution in [-0.2, 0) is 25.6 Å². The highest BCUT2D eigenvalue weighted by Gasteiger charge is 2.32. The summed E-state index contributed by atoms with van der Waals surface area (Å²) in [6, 6.07) is 3.59. The molecule has 0 bridgehead atoms. The summed E-state index contributed by atoms with van der Waals surface area (Å²) in [7, 11) is 0. The average molecular weight is 485 g/mol. The summed E-state index contributed by atoms with van der Waals surface area (Å²) < 4.78 is 0. The van der Waals surface area contributed by atoms with Crippen LogP contribution < -0.4 is 21.7 Å². The van der Waals surface area contributed by atoms with E-state index in [0.717, 1.165) is 0 Å². The monoisotopic (exact) mass is 484 g/mol. The number of carbonyl (C=O) groups is 4. The number of amides is 3. The average Bonchev–Trinajstić information content (AvgIpc) is 2.78. The molecule has 184 valence electrons. The fourth-order valence-electron chi connectivity index (χ4n) is 2.82. The van der Waals surface area contributed by atoms with E-state index in [2.05, 4.69) is 16.0 Å². The summed E-state index contributed by atoms with van der Waals surface area (Å²) in [4.78, 5) is 49.1. The second kappa shape index (κ2) is 14.5. The van der Waals surface area contributed by atoms with Crippen LogP contribution in [0.1, 0.15) is 18.9 Å². The summed E-state index contributed by atoms with van der Waals surface area (Å²) in [5, 5.41) is 35.4. The molecule has 1 aromatic rings. The molecule has 3 amide bonds. The molecule has 0 saturated heterocycles. The lowest BCUT2D eigenvalue weighted by Crippen LogP contribution is -2.60. The van der Waals surface area contributed by atoms with E-state index in [0.29, 0.717) is 17.7 Å². The third-order valence-electron chi connectivity index (χ3n) is 4.75. The van der Waals surface area contributed by atoms with Crippen LogP contribution in [0.4, 0.5) is 0 Å². The lowest BCUT2D eigenvalue weighted by Gasteiger charge is -2.26. The lowest BCUT2D eigenvalue weighted by molar-refractivity contribution is -0.143. The molecule has 5 unspecified atom stereocenters. The van der Waals surface area contributed by atoms with Crippen LogP contribution in [0.3, 0.4) is 0 Å². The normalized spacial score (nSPS) is 15.4. The zero-order valence-corrected chi connectivity index (χ0v) is 19.4. The maximum absolute atomic E-state index is 12.9. The van der Waals surface area contributed by atoms with Crippen molar-refractivity contribution >= 4 is 35.5 Å². The number of rotatable bonds is 14. The van der Waals surface area contributed by atoms with Gasteiger partial charge in [0.25, 0.3) is 0 Å². The fourth-order valence-corrected chi connectivity index (χ4v) is 3.31. The van der Waals surface area contributed by atoms with Crippen molar-refractivity contribution in [2.45, 2.75) is 50.0 Å². The van der Waals surface area contributed by atoms with E-state index in [1.807, 2.05) is 6.26 Å². The third-order valence-corrected chi connectivity index (χ3v) is 5.39. The number of carboxylic acid groups (broad SMARTS) is 1. The molecule has 0 saturated carbocycles. The predicted molar refractivity (Wildman–Crippen MR) is 123 cm³/mol. The van der Waals surface area contributed by atoms with Gasteiger partial charge in [0, 0.05) is 6.42 Å².